The van der Waals surface area contributed by atoms with Gasteiger partial charge in [0.1, 0.15) is 0 Å². The molecule has 0 aliphatic rings. The van der Waals surface area contributed by atoms with Crippen LogP contribution in [0.5, 0.6) is 0 Å². The van der Waals surface area contributed by atoms with Crippen molar-refractivity contribution in [1.29, 1.82) is 0 Å². The fraction of sp³-hybridized carbons (Fsp3) is 0.286. The Morgan fingerprint density at radius 1 is 1.12 bits per heavy atom. The third kappa shape index (κ3) is 2.57. The monoisotopic (exact) mass is 232 g/mol. The molecule has 0 fully saturated rings. The molecule has 0 saturated carbocycles. The molecule has 0 aromatic heterocycles. The Labute approximate surface area is 102 Å². The molecular weight excluding hydrogens is 216 g/mol. The average molecular weight is 232 g/mol. The zero-order valence-corrected chi connectivity index (χ0v) is 10.3. The van der Waals surface area contributed by atoms with E-state index in [1.165, 1.54) is 16.3 Å². The molecule has 0 radical (unpaired) electrons. The van der Waals surface area contributed by atoms with Gasteiger partial charge in [-0.2, -0.15) is 12.6 Å². The Bertz CT molecular complexity index is 467. The predicted octanol–water partition coefficient (Wildman–Crippen LogP) is 3.85. The van der Waals surface area contributed by atoms with E-state index in [1.54, 1.807) is 0 Å². The number of hydrogen-bond donors (Lipinski definition) is 1. The van der Waals surface area contributed by atoms with E-state index in [9.17, 15) is 0 Å². The second-order valence-electron chi connectivity index (χ2n) is 3.84. The molecule has 16 heavy (non-hydrogen) atoms. The van der Waals surface area contributed by atoms with Gasteiger partial charge >= 0.3 is 0 Å². The van der Waals surface area contributed by atoms with E-state index in [2.05, 4.69) is 62.0 Å². The number of benzene rings is 2. The van der Waals surface area contributed by atoms with Crippen molar-refractivity contribution in [3.8, 4) is 0 Å². The van der Waals surface area contributed by atoms with Gasteiger partial charge in [0.05, 0.1) is 12.7 Å². The van der Waals surface area contributed by atoms with E-state index >= 15 is 0 Å². The van der Waals surface area contributed by atoms with Crippen LogP contribution in [0.25, 0.3) is 10.8 Å². The van der Waals surface area contributed by atoms with Gasteiger partial charge in [0.2, 0.25) is 0 Å². The first-order valence-corrected chi connectivity index (χ1v) is 6.15. The summed E-state index contributed by atoms with van der Waals surface area (Å²) in [6.07, 6.45) is 0.136. The molecule has 0 spiro atoms. The van der Waals surface area contributed by atoms with Gasteiger partial charge in [0, 0.05) is 5.75 Å². The van der Waals surface area contributed by atoms with Crippen LogP contribution in [0, 0.1) is 0 Å². The Morgan fingerprint density at radius 3 is 2.62 bits per heavy atom. The first-order chi connectivity index (χ1) is 7.81. The highest BCUT2D eigenvalue weighted by Gasteiger charge is 2.05. The summed E-state index contributed by atoms with van der Waals surface area (Å²) in [6.45, 7) is 2.77. The second kappa shape index (κ2) is 5.37. The van der Waals surface area contributed by atoms with Gasteiger partial charge < -0.3 is 4.74 Å². The van der Waals surface area contributed by atoms with Gasteiger partial charge in [-0.3, -0.25) is 0 Å². The van der Waals surface area contributed by atoms with Crippen LogP contribution in [0.3, 0.4) is 0 Å². The third-order valence-corrected chi connectivity index (χ3v) is 2.88. The maximum absolute atomic E-state index is 5.65. The number of hydrogen-bond acceptors (Lipinski definition) is 2. The van der Waals surface area contributed by atoms with Crippen LogP contribution in [0.1, 0.15) is 18.6 Å². The standard InChI is InChI=1S/C14H16OS/c1-11(15-8-9-16)13-7-6-12-4-2-3-5-14(12)10-13/h2-7,10-11,16H,8-9H2,1H3. The minimum atomic E-state index is 0.136. The third-order valence-electron chi connectivity index (χ3n) is 2.70. The highest BCUT2D eigenvalue weighted by molar-refractivity contribution is 7.80. The number of ether oxygens (including phenoxy) is 1. The van der Waals surface area contributed by atoms with E-state index in [-0.39, 0.29) is 6.10 Å². The van der Waals surface area contributed by atoms with E-state index in [4.69, 9.17) is 4.74 Å². The molecule has 1 unspecified atom stereocenters. The maximum atomic E-state index is 5.65. The summed E-state index contributed by atoms with van der Waals surface area (Å²) in [6, 6.07) is 14.8. The molecule has 84 valence electrons. The zero-order valence-electron chi connectivity index (χ0n) is 9.39. The lowest BCUT2D eigenvalue weighted by molar-refractivity contribution is 0.0787. The van der Waals surface area contributed by atoms with Crippen LogP contribution in [0.4, 0.5) is 0 Å². The van der Waals surface area contributed by atoms with Crippen molar-refractivity contribution in [3.05, 3.63) is 48.0 Å². The van der Waals surface area contributed by atoms with Crippen molar-refractivity contribution < 1.29 is 4.74 Å². The van der Waals surface area contributed by atoms with Crippen LogP contribution >= 0.6 is 12.6 Å². The minimum absolute atomic E-state index is 0.136. The van der Waals surface area contributed by atoms with Crippen LogP contribution in [0.15, 0.2) is 42.5 Å². The van der Waals surface area contributed by atoms with Crippen molar-refractivity contribution in [2.45, 2.75) is 13.0 Å². The summed E-state index contributed by atoms with van der Waals surface area (Å²) >= 11 is 4.14. The normalized spacial score (nSPS) is 12.9. The van der Waals surface area contributed by atoms with Crippen LogP contribution in [-0.2, 0) is 4.74 Å². The molecule has 2 rings (SSSR count). The van der Waals surface area contributed by atoms with Crippen LogP contribution < -0.4 is 0 Å². The van der Waals surface area contributed by atoms with Gasteiger partial charge in [-0.15, -0.1) is 0 Å². The fourth-order valence-corrected chi connectivity index (χ4v) is 1.89. The summed E-state index contributed by atoms with van der Waals surface area (Å²) in [4.78, 5) is 0. The Morgan fingerprint density at radius 2 is 1.88 bits per heavy atom. The number of thiol groups is 1. The molecule has 2 aromatic carbocycles. The molecule has 2 aromatic rings. The predicted molar refractivity (Wildman–Crippen MR) is 72.2 cm³/mol. The quantitative estimate of drug-likeness (QED) is 0.788. The van der Waals surface area contributed by atoms with Crippen LogP contribution in [0.2, 0.25) is 0 Å². The van der Waals surface area contributed by atoms with E-state index in [0.717, 1.165) is 5.75 Å². The van der Waals surface area contributed by atoms with Crippen molar-refractivity contribution in [2.24, 2.45) is 0 Å². The fourth-order valence-electron chi connectivity index (χ4n) is 1.79. The highest BCUT2D eigenvalue weighted by Crippen LogP contribution is 2.22. The maximum Gasteiger partial charge on any atom is 0.0797 e. The molecule has 0 amide bonds. The zero-order chi connectivity index (χ0) is 11.4. The summed E-state index contributed by atoms with van der Waals surface area (Å²) in [7, 11) is 0. The number of rotatable bonds is 4. The largest absolute Gasteiger partial charge is 0.373 e. The van der Waals surface area contributed by atoms with Gasteiger partial charge in [-0.1, -0.05) is 36.4 Å². The van der Waals surface area contributed by atoms with E-state index < -0.39 is 0 Å². The molecule has 0 heterocycles. The molecule has 1 atom stereocenters. The first-order valence-electron chi connectivity index (χ1n) is 5.52. The van der Waals surface area contributed by atoms with Crippen molar-refractivity contribution in [1.82, 2.24) is 0 Å². The van der Waals surface area contributed by atoms with Gasteiger partial charge in [-0.05, 0) is 29.3 Å². The average Bonchev–Trinajstić information content (AvgIpc) is 2.35. The molecule has 1 nitrogen and oxygen atoms in total. The molecule has 0 saturated heterocycles. The summed E-state index contributed by atoms with van der Waals surface area (Å²) in [5.41, 5.74) is 1.22. The molecule has 0 aliphatic carbocycles. The van der Waals surface area contributed by atoms with Gasteiger partial charge in [0.15, 0.2) is 0 Å². The van der Waals surface area contributed by atoms with E-state index in [0.29, 0.717) is 6.61 Å². The molecule has 2 heteroatoms. The molecular formula is C14H16OS. The Hall–Kier alpha value is -0.990. The number of fused-ring (bicyclic) bond motifs is 1. The Kier molecular flexibility index (Phi) is 3.86. The van der Waals surface area contributed by atoms with Gasteiger partial charge in [0.25, 0.3) is 0 Å². The van der Waals surface area contributed by atoms with Crippen molar-refractivity contribution in [2.75, 3.05) is 12.4 Å². The molecule has 0 aliphatic heterocycles. The van der Waals surface area contributed by atoms with Crippen molar-refractivity contribution in [3.63, 3.8) is 0 Å². The second-order valence-corrected chi connectivity index (χ2v) is 4.29. The minimum Gasteiger partial charge on any atom is -0.373 e. The summed E-state index contributed by atoms with van der Waals surface area (Å²) < 4.78 is 5.65. The topological polar surface area (TPSA) is 9.23 Å². The SMILES string of the molecule is CC(OCCS)c1ccc2ccccc2c1. The smallest absolute Gasteiger partial charge is 0.0797 e. The van der Waals surface area contributed by atoms with Gasteiger partial charge in [-0.25, -0.2) is 0 Å². The first kappa shape index (κ1) is 11.5. The summed E-state index contributed by atoms with van der Waals surface area (Å²) in [5.74, 6) is 0.762. The molecule has 0 bridgehead atoms. The lowest BCUT2D eigenvalue weighted by Gasteiger charge is -2.13. The lowest BCUT2D eigenvalue weighted by atomic mass is 10.0. The lowest BCUT2D eigenvalue weighted by Crippen LogP contribution is -2.02. The molecule has 0 N–H and O–H groups in total. The van der Waals surface area contributed by atoms with E-state index in [1.807, 2.05) is 0 Å². The Balaban J connectivity index is 2.25. The summed E-state index contributed by atoms with van der Waals surface area (Å²) in [5, 5.41) is 2.54. The van der Waals surface area contributed by atoms with Crippen LogP contribution in [-0.4, -0.2) is 12.4 Å². The highest BCUT2D eigenvalue weighted by atomic mass is 32.1. The van der Waals surface area contributed by atoms with Crippen molar-refractivity contribution >= 4 is 23.4 Å².